The van der Waals surface area contributed by atoms with Gasteiger partial charge in [-0.25, -0.2) is 0 Å². The third-order valence-corrected chi connectivity index (χ3v) is 6.89. The molecular weight excluding hydrogens is 362 g/mol. The first kappa shape index (κ1) is 19.8. The van der Waals surface area contributed by atoms with E-state index in [9.17, 15) is 8.42 Å². The van der Waals surface area contributed by atoms with Crippen molar-refractivity contribution in [1.29, 1.82) is 0 Å². The molecule has 7 heteroatoms. The summed E-state index contributed by atoms with van der Waals surface area (Å²) in [5, 5.41) is 0. The van der Waals surface area contributed by atoms with Gasteiger partial charge in [-0.3, -0.25) is 4.98 Å². The van der Waals surface area contributed by atoms with Crippen molar-refractivity contribution >= 4 is 10.2 Å². The Kier molecular flexibility index (Phi) is 6.14. The van der Waals surface area contributed by atoms with Gasteiger partial charge in [0, 0.05) is 56.5 Å². The van der Waals surface area contributed by atoms with Crippen LogP contribution in [-0.2, 0) is 16.6 Å². The van der Waals surface area contributed by atoms with Gasteiger partial charge in [-0.05, 0) is 31.0 Å². The van der Waals surface area contributed by atoms with Crippen molar-refractivity contribution in [2.24, 2.45) is 0 Å². The van der Waals surface area contributed by atoms with Gasteiger partial charge in [0.25, 0.3) is 10.2 Å². The minimum Gasteiger partial charge on any atom is -0.496 e. The molecule has 2 aromatic rings. The molecular formula is C20H27N3O3S. The maximum atomic E-state index is 12.5. The number of para-hydroxylation sites is 1. The molecule has 1 atom stereocenters. The van der Waals surface area contributed by atoms with Gasteiger partial charge in [0.1, 0.15) is 5.75 Å². The van der Waals surface area contributed by atoms with Crippen LogP contribution in [0.25, 0.3) is 0 Å². The fourth-order valence-electron chi connectivity index (χ4n) is 3.49. The van der Waals surface area contributed by atoms with E-state index in [-0.39, 0.29) is 5.92 Å². The lowest BCUT2D eigenvalue weighted by molar-refractivity contribution is 0.296. The second-order valence-corrected chi connectivity index (χ2v) is 9.17. The first-order valence-corrected chi connectivity index (χ1v) is 10.6. The lowest BCUT2D eigenvalue weighted by Crippen LogP contribution is -2.45. The van der Waals surface area contributed by atoms with Crippen LogP contribution in [0, 0.1) is 0 Å². The number of aromatic nitrogens is 1. The highest BCUT2D eigenvalue weighted by Crippen LogP contribution is 2.28. The Morgan fingerprint density at radius 3 is 2.70 bits per heavy atom. The number of benzene rings is 1. The minimum absolute atomic E-state index is 0.117. The zero-order valence-corrected chi connectivity index (χ0v) is 16.9. The van der Waals surface area contributed by atoms with Gasteiger partial charge >= 0.3 is 0 Å². The SMILES string of the molecule is COc1ccccc1Cc1cccc(C2CCCN(S(=O)(=O)N(C)C)C2)n1. The van der Waals surface area contributed by atoms with Gasteiger partial charge in [0.2, 0.25) is 0 Å². The highest BCUT2D eigenvalue weighted by Gasteiger charge is 2.31. The number of hydrogen-bond donors (Lipinski definition) is 0. The summed E-state index contributed by atoms with van der Waals surface area (Å²) in [6.45, 7) is 1.05. The number of piperidine rings is 1. The van der Waals surface area contributed by atoms with Crippen molar-refractivity contribution < 1.29 is 13.2 Å². The summed E-state index contributed by atoms with van der Waals surface area (Å²) in [6.07, 6.45) is 2.48. The van der Waals surface area contributed by atoms with Crippen LogP contribution in [0.1, 0.15) is 35.7 Å². The summed E-state index contributed by atoms with van der Waals surface area (Å²) in [5.74, 6) is 0.969. The van der Waals surface area contributed by atoms with Crippen molar-refractivity contribution in [3.8, 4) is 5.75 Å². The van der Waals surface area contributed by atoms with Crippen LogP contribution in [0.3, 0.4) is 0 Å². The molecule has 146 valence electrons. The molecule has 2 heterocycles. The fraction of sp³-hybridized carbons (Fsp3) is 0.450. The van der Waals surface area contributed by atoms with E-state index in [4.69, 9.17) is 9.72 Å². The third kappa shape index (κ3) is 4.48. The lowest BCUT2D eigenvalue weighted by atomic mass is 9.95. The summed E-state index contributed by atoms with van der Waals surface area (Å²) in [6, 6.07) is 14.0. The average Bonchev–Trinajstić information content (AvgIpc) is 2.68. The van der Waals surface area contributed by atoms with E-state index in [2.05, 4.69) is 0 Å². The van der Waals surface area contributed by atoms with E-state index < -0.39 is 10.2 Å². The molecule has 1 unspecified atom stereocenters. The summed E-state index contributed by atoms with van der Waals surface area (Å²) in [4.78, 5) is 4.84. The van der Waals surface area contributed by atoms with Gasteiger partial charge in [0.15, 0.2) is 0 Å². The fourth-order valence-corrected chi connectivity index (χ4v) is 4.68. The molecule has 0 amide bonds. The van der Waals surface area contributed by atoms with Crippen molar-refractivity contribution in [3.05, 3.63) is 59.4 Å². The molecule has 1 aromatic carbocycles. The van der Waals surface area contributed by atoms with Crippen LogP contribution in [0.4, 0.5) is 0 Å². The molecule has 1 saturated heterocycles. The first-order chi connectivity index (χ1) is 12.9. The maximum absolute atomic E-state index is 12.5. The van der Waals surface area contributed by atoms with Crippen LogP contribution in [0.2, 0.25) is 0 Å². The lowest BCUT2D eigenvalue weighted by Gasteiger charge is -2.33. The quantitative estimate of drug-likeness (QED) is 0.762. The van der Waals surface area contributed by atoms with E-state index in [1.54, 1.807) is 25.5 Å². The van der Waals surface area contributed by atoms with Gasteiger partial charge < -0.3 is 4.74 Å². The molecule has 1 aliphatic rings. The Hall–Kier alpha value is -1.96. The van der Waals surface area contributed by atoms with Crippen molar-refractivity contribution in [2.75, 3.05) is 34.3 Å². The van der Waals surface area contributed by atoms with Crippen molar-refractivity contribution in [3.63, 3.8) is 0 Å². The Labute approximate surface area is 162 Å². The van der Waals surface area contributed by atoms with Gasteiger partial charge in [-0.1, -0.05) is 24.3 Å². The van der Waals surface area contributed by atoms with Crippen LogP contribution in [-0.4, -0.2) is 56.3 Å². The molecule has 1 aromatic heterocycles. The smallest absolute Gasteiger partial charge is 0.281 e. The molecule has 1 aliphatic heterocycles. The Bertz CT molecular complexity index is 884. The van der Waals surface area contributed by atoms with E-state index in [0.29, 0.717) is 19.5 Å². The topological polar surface area (TPSA) is 62.7 Å². The predicted octanol–water partition coefficient (Wildman–Crippen LogP) is 2.67. The van der Waals surface area contributed by atoms with Gasteiger partial charge in [0.05, 0.1) is 7.11 Å². The Morgan fingerprint density at radius 1 is 1.19 bits per heavy atom. The minimum atomic E-state index is -3.39. The summed E-state index contributed by atoms with van der Waals surface area (Å²) in [7, 11) is 1.43. The molecule has 0 radical (unpaired) electrons. The summed E-state index contributed by atoms with van der Waals surface area (Å²) in [5.41, 5.74) is 3.01. The molecule has 0 aliphatic carbocycles. The Balaban J connectivity index is 1.79. The average molecular weight is 390 g/mol. The van der Waals surface area contributed by atoms with Gasteiger partial charge in [-0.2, -0.15) is 17.0 Å². The number of ether oxygens (including phenoxy) is 1. The van der Waals surface area contributed by atoms with E-state index in [1.165, 1.54) is 4.31 Å². The van der Waals surface area contributed by atoms with E-state index in [0.717, 1.165) is 35.5 Å². The molecule has 0 spiro atoms. The number of pyridine rings is 1. The van der Waals surface area contributed by atoms with Crippen LogP contribution in [0.15, 0.2) is 42.5 Å². The molecule has 0 N–H and O–H groups in total. The predicted molar refractivity (Wildman–Crippen MR) is 106 cm³/mol. The number of hydrogen-bond acceptors (Lipinski definition) is 4. The summed E-state index contributed by atoms with van der Waals surface area (Å²) >= 11 is 0. The van der Waals surface area contributed by atoms with Gasteiger partial charge in [-0.15, -0.1) is 0 Å². The number of methoxy groups -OCH3 is 1. The number of rotatable bonds is 6. The largest absolute Gasteiger partial charge is 0.496 e. The van der Waals surface area contributed by atoms with E-state index >= 15 is 0 Å². The number of nitrogens with zero attached hydrogens (tertiary/aromatic N) is 3. The van der Waals surface area contributed by atoms with Crippen LogP contribution in [0.5, 0.6) is 5.75 Å². The standard InChI is InChI=1S/C20H27N3O3S/c1-22(2)27(24,25)23-13-7-9-17(15-23)19-11-6-10-18(21-19)14-16-8-4-5-12-20(16)26-3/h4-6,8,10-12,17H,7,9,13-15H2,1-3H3. The third-order valence-electron chi connectivity index (χ3n) is 4.98. The zero-order valence-electron chi connectivity index (χ0n) is 16.1. The highest BCUT2D eigenvalue weighted by atomic mass is 32.2. The molecule has 1 fully saturated rings. The summed E-state index contributed by atoms with van der Waals surface area (Å²) < 4.78 is 33.2. The van der Waals surface area contributed by atoms with Crippen molar-refractivity contribution in [1.82, 2.24) is 13.6 Å². The van der Waals surface area contributed by atoms with Crippen LogP contribution >= 0.6 is 0 Å². The maximum Gasteiger partial charge on any atom is 0.281 e. The second-order valence-electron chi connectivity index (χ2n) is 7.03. The second kappa shape index (κ2) is 8.37. The van der Waals surface area contributed by atoms with Crippen LogP contribution < -0.4 is 4.74 Å². The molecule has 0 bridgehead atoms. The normalized spacial score (nSPS) is 18.6. The molecule has 0 saturated carbocycles. The molecule has 27 heavy (non-hydrogen) atoms. The highest BCUT2D eigenvalue weighted by molar-refractivity contribution is 7.86. The van der Waals surface area contributed by atoms with Crippen molar-refractivity contribution in [2.45, 2.75) is 25.2 Å². The molecule has 3 rings (SSSR count). The zero-order chi connectivity index (χ0) is 19.4. The molecule has 6 nitrogen and oxygen atoms in total. The first-order valence-electron chi connectivity index (χ1n) is 9.17. The Morgan fingerprint density at radius 2 is 1.96 bits per heavy atom. The monoisotopic (exact) mass is 389 g/mol. The van der Waals surface area contributed by atoms with E-state index in [1.807, 2.05) is 42.5 Å².